The van der Waals surface area contributed by atoms with Crippen LogP contribution in [0.15, 0.2) is 60.7 Å². The average molecular weight is 365 g/mol. The molecule has 27 heavy (non-hydrogen) atoms. The smallest absolute Gasteiger partial charge is 0.240 e. The maximum absolute atomic E-state index is 13.2. The highest BCUT2D eigenvalue weighted by Gasteiger charge is 2.28. The van der Waals surface area contributed by atoms with E-state index in [0.29, 0.717) is 12.0 Å². The second-order valence-corrected chi connectivity index (χ2v) is 8.02. The molecule has 0 bridgehead atoms. The van der Waals surface area contributed by atoms with E-state index in [4.69, 9.17) is 0 Å². The van der Waals surface area contributed by atoms with Crippen molar-refractivity contribution in [1.82, 2.24) is 10.2 Å². The SMILES string of the molecule is CC(C)NC(Cc1ccccc1)C(=O)N1CCC(Cc2ccccc2)CC1. The van der Waals surface area contributed by atoms with Crippen LogP contribution in [-0.4, -0.2) is 36.0 Å². The number of carbonyl (C=O) groups excluding carboxylic acids is 1. The molecule has 0 saturated carbocycles. The highest BCUT2D eigenvalue weighted by Crippen LogP contribution is 2.22. The van der Waals surface area contributed by atoms with Crippen molar-refractivity contribution in [3.8, 4) is 0 Å². The lowest BCUT2D eigenvalue weighted by Gasteiger charge is -2.35. The van der Waals surface area contributed by atoms with E-state index in [1.165, 1.54) is 11.1 Å². The van der Waals surface area contributed by atoms with Gasteiger partial charge >= 0.3 is 0 Å². The van der Waals surface area contributed by atoms with Crippen molar-refractivity contribution in [2.45, 2.75) is 51.6 Å². The number of rotatable bonds is 7. The zero-order valence-electron chi connectivity index (χ0n) is 16.6. The van der Waals surface area contributed by atoms with Gasteiger partial charge in [0.2, 0.25) is 5.91 Å². The Kier molecular flexibility index (Phi) is 7.05. The fraction of sp³-hybridized carbons (Fsp3) is 0.458. The van der Waals surface area contributed by atoms with Crippen LogP contribution >= 0.6 is 0 Å². The summed E-state index contributed by atoms with van der Waals surface area (Å²) in [6, 6.07) is 21.2. The molecule has 3 heteroatoms. The van der Waals surface area contributed by atoms with Crippen LogP contribution in [0.2, 0.25) is 0 Å². The van der Waals surface area contributed by atoms with Crippen molar-refractivity contribution < 1.29 is 4.79 Å². The number of likely N-dealkylation sites (tertiary alicyclic amines) is 1. The largest absolute Gasteiger partial charge is 0.341 e. The van der Waals surface area contributed by atoms with Crippen LogP contribution in [-0.2, 0) is 17.6 Å². The third-order valence-corrected chi connectivity index (χ3v) is 5.41. The highest BCUT2D eigenvalue weighted by molar-refractivity contribution is 5.82. The topological polar surface area (TPSA) is 32.3 Å². The molecule has 2 aromatic rings. The number of piperidine rings is 1. The quantitative estimate of drug-likeness (QED) is 0.803. The van der Waals surface area contributed by atoms with Crippen LogP contribution in [0, 0.1) is 5.92 Å². The molecule has 0 aliphatic carbocycles. The predicted octanol–water partition coefficient (Wildman–Crippen LogP) is 4.08. The molecule has 1 atom stereocenters. The van der Waals surface area contributed by atoms with Gasteiger partial charge in [-0.25, -0.2) is 0 Å². The number of hydrogen-bond acceptors (Lipinski definition) is 2. The Hall–Kier alpha value is -2.13. The molecule has 1 fully saturated rings. The lowest BCUT2D eigenvalue weighted by molar-refractivity contribution is -0.135. The van der Waals surface area contributed by atoms with Crippen molar-refractivity contribution in [1.29, 1.82) is 0 Å². The lowest BCUT2D eigenvalue weighted by atomic mass is 9.89. The molecule has 3 rings (SSSR count). The fourth-order valence-electron chi connectivity index (χ4n) is 3.99. The summed E-state index contributed by atoms with van der Waals surface area (Å²) >= 11 is 0. The number of benzene rings is 2. The third-order valence-electron chi connectivity index (χ3n) is 5.41. The molecule has 2 aromatic carbocycles. The van der Waals surface area contributed by atoms with E-state index in [9.17, 15) is 4.79 Å². The van der Waals surface area contributed by atoms with Crippen molar-refractivity contribution in [2.24, 2.45) is 5.92 Å². The Labute approximate surface area is 163 Å². The Morgan fingerprint density at radius 3 is 2.07 bits per heavy atom. The van der Waals surface area contributed by atoms with Crippen LogP contribution in [0.25, 0.3) is 0 Å². The monoisotopic (exact) mass is 364 g/mol. The third kappa shape index (κ3) is 5.93. The van der Waals surface area contributed by atoms with Gasteiger partial charge in [0.1, 0.15) is 0 Å². The van der Waals surface area contributed by atoms with Crippen LogP contribution < -0.4 is 5.32 Å². The van der Waals surface area contributed by atoms with Gasteiger partial charge < -0.3 is 10.2 Å². The van der Waals surface area contributed by atoms with E-state index >= 15 is 0 Å². The lowest BCUT2D eigenvalue weighted by Crippen LogP contribution is -2.51. The predicted molar refractivity (Wildman–Crippen MR) is 112 cm³/mol. The van der Waals surface area contributed by atoms with Crippen molar-refractivity contribution in [3.63, 3.8) is 0 Å². The zero-order chi connectivity index (χ0) is 19.1. The maximum atomic E-state index is 13.2. The molecule has 0 aromatic heterocycles. The Morgan fingerprint density at radius 2 is 1.52 bits per heavy atom. The molecule has 1 aliphatic rings. The Balaban J connectivity index is 1.56. The molecule has 144 valence electrons. The number of hydrogen-bond donors (Lipinski definition) is 1. The van der Waals surface area contributed by atoms with E-state index in [-0.39, 0.29) is 11.9 Å². The van der Waals surface area contributed by atoms with Gasteiger partial charge in [-0.1, -0.05) is 74.5 Å². The number of nitrogens with one attached hydrogen (secondary N) is 1. The first-order valence-corrected chi connectivity index (χ1v) is 10.2. The van der Waals surface area contributed by atoms with Crippen LogP contribution in [0.1, 0.15) is 37.8 Å². The minimum absolute atomic E-state index is 0.141. The molecule has 0 spiro atoms. The molecule has 1 amide bonds. The summed E-state index contributed by atoms with van der Waals surface area (Å²) in [4.78, 5) is 15.2. The Bertz CT molecular complexity index is 691. The van der Waals surface area contributed by atoms with Gasteiger partial charge in [-0.2, -0.15) is 0 Å². The Morgan fingerprint density at radius 1 is 0.963 bits per heavy atom. The summed E-state index contributed by atoms with van der Waals surface area (Å²) < 4.78 is 0. The standard InChI is InChI=1S/C24H32N2O/c1-19(2)25-23(18-21-11-7-4-8-12-21)24(27)26-15-13-22(14-16-26)17-20-9-5-3-6-10-20/h3-12,19,22-23,25H,13-18H2,1-2H3. The summed E-state index contributed by atoms with van der Waals surface area (Å²) in [5.74, 6) is 0.938. The summed E-state index contributed by atoms with van der Waals surface area (Å²) in [7, 11) is 0. The van der Waals surface area contributed by atoms with Gasteiger partial charge in [0.15, 0.2) is 0 Å². The summed E-state index contributed by atoms with van der Waals surface area (Å²) in [6.45, 7) is 5.97. The van der Waals surface area contributed by atoms with Gasteiger partial charge in [0.25, 0.3) is 0 Å². The number of amides is 1. The van der Waals surface area contributed by atoms with Gasteiger partial charge in [-0.3, -0.25) is 4.79 Å². The van der Waals surface area contributed by atoms with E-state index in [1.54, 1.807) is 0 Å². The second kappa shape index (κ2) is 9.70. The van der Waals surface area contributed by atoms with Crippen LogP contribution in [0.5, 0.6) is 0 Å². The average Bonchev–Trinajstić information content (AvgIpc) is 2.69. The molecule has 1 heterocycles. The minimum Gasteiger partial charge on any atom is -0.341 e. The molecule has 1 aliphatic heterocycles. The van der Waals surface area contributed by atoms with Gasteiger partial charge in [-0.05, 0) is 42.7 Å². The first-order valence-electron chi connectivity index (χ1n) is 10.2. The van der Waals surface area contributed by atoms with Gasteiger partial charge in [0, 0.05) is 19.1 Å². The van der Waals surface area contributed by atoms with E-state index in [1.807, 2.05) is 18.2 Å². The van der Waals surface area contributed by atoms with Crippen molar-refractivity contribution >= 4 is 5.91 Å². The van der Waals surface area contributed by atoms with Crippen molar-refractivity contribution in [2.75, 3.05) is 13.1 Å². The van der Waals surface area contributed by atoms with E-state index in [0.717, 1.165) is 38.8 Å². The minimum atomic E-state index is -0.141. The molecule has 3 nitrogen and oxygen atoms in total. The molecule has 1 saturated heterocycles. The molecule has 1 N–H and O–H groups in total. The van der Waals surface area contributed by atoms with E-state index < -0.39 is 0 Å². The van der Waals surface area contributed by atoms with Crippen LogP contribution in [0.4, 0.5) is 0 Å². The summed E-state index contributed by atoms with van der Waals surface area (Å²) in [5.41, 5.74) is 2.62. The summed E-state index contributed by atoms with van der Waals surface area (Å²) in [6.07, 6.45) is 4.07. The zero-order valence-corrected chi connectivity index (χ0v) is 16.6. The van der Waals surface area contributed by atoms with E-state index in [2.05, 4.69) is 66.5 Å². The van der Waals surface area contributed by atoms with Gasteiger partial charge in [0.05, 0.1) is 6.04 Å². The fourth-order valence-corrected chi connectivity index (χ4v) is 3.99. The van der Waals surface area contributed by atoms with Gasteiger partial charge in [-0.15, -0.1) is 0 Å². The molecule has 1 unspecified atom stereocenters. The van der Waals surface area contributed by atoms with Crippen LogP contribution in [0.3, 0.4) is 0 Å². The van der Waals surface area contributed by atoms with Crippen molar-refractivity contribution in [3.05, 3.63) is 71.8 Å². The second-order valence-electron chi connectivity index (χ2n) is 8.02. The molecular weight excluding hydrogens is 332 g/mol. The molecular formula is C24H32N2O. The highest BCUT2D eigenvalue weighted by atomic mass is 16.2. The number of carbonyl (C=O) groups is 1. The maximum Gasteiger partial charge on any atom is 0.240 e. The normalized spacial score (nSPS) is 16.5. The first kappa shape index (κ1) is 19.6. The summed E-state index contributed by atoms with van der Waals surface area (Å²) in [5, 5.41) is 3.49. The molecule has 0 radical (unpaired) electrons. The first-order chi connectivity index (χ1) is 13.1. The number of nitrogens with zero attached hydrogens (tertiary/aromatic N) is 1.